The Balaban J connectivity index is 1.29. The molecule has 7 heteroatoms. The molecule has 1 aliphatic heterocycles. The molecule has 0 bridgehead atoms. The van der Waals surface area contributed by atoms with Crippen LogP contribution in [0.5, 0.6) is 5.75 Å². The molecule has 2 aromatic carbocycles. The first kappa shape index (κ1) is 24.7. The van der Waals surface area contributed by atoms with Crippen molar-refractivity contribution in [2.24, 2.45) is 5.92 Å². The van der Waals surface area contributed by atoms with E-state index in [-0.39, 0.29) is 16.8 Å². The molecule has 1 atom stereocenters. The third-order valence-corrected chi connectivity index (χ3v) is 8.95. The minimum atomic E-state index is -3.54. The summed E-state index contributed by atoms with van der Waals surface area (Å²) in [6.07, 6.45) is 7.68. The number of carbonyl (C=O) groups excluding carboxylic acids is 1. The highest BCUT2D eigenvalue weighted by molar-refractivity contribution is 7.89. The van der Waals surface area contributed by atoms with Gasteiger partial charge in [-0.05, 0) is 74.8 Å². The number of sulfonamides is 1. The van der Waals surface area contributed by atoms with Gasteiger partial charge in [0.2, 0.25) is 10.0 Å². The van der Waals surface area contributed by atoms with Gasteiger partial charge in [-0.2, -0.15) is 4.31 Å². The Kier molecular flexibility index (Phi) is 8.27. The summed E-state index contributed by atoms with van der Waals surface area (Å²) in [4.78, 5) is 12.7. The van der Waals surface area contributed by atoms with E-state index in [0.29, 0.717) is 24.8 Å². The van der Waals surface area contributed by atoms with E-state index in [1.807, 2.05) is 18.2 Å². The highest BCUT2D eigenvalue weighted by Gasteiger charge is 2.29. The first-order valence-corrected chi connectivity index (χ1v) is 14.0. The van der Waals surface area contributed by atoms with Crippen LogP contribution < -0.4 is 10.1 Å². The van der Waals surface area contributed by atoms with Gasteiger partial charge in [-0.15, -0.1) is 0 Å². The standard InChI is InChI=1S/C27H36N2O4S/c1-21(27(30)28-24-10-6-3-7-11-24)33-25-12-14-26(15-13-25)34(31,32)29-18-16-23(17-19-29)20-22-8-4-2-5-9-22/h2,4-5,8-9,12-15,21,23-24H,3,6-7,10-11,16-20H2,1H3,(H,28,30)/t21-/m0/s1. The molecular formula is C27H36N2O4S. The van der Waals surface area contributed by atoms with Crippen LogP contribution in [0.3, 0.4) is 0 Å². The SMILES string of the molecule is C[C@H](Oc1ccc(S(=O)(=O)N2CCC(Cc3ccccc3)CC2)cc1)C(=O)NC1CCCCC1. The van der Waals surface area contributed by atoms with E-state index in [4.69, 9.17) is 4.74 Å². The molecule has 184 valence electrons. The summed E-state index contributed by atoms with van der Waals surface area (Å²) in [5, 5.41) is 3.07. The van der Waals surface area contributed by atoms with Crippen LogP contribution in [-0.2, 0) is 21.2 Å². The quantitative estimate of drug-likeness (QED) is 0.597. The average Bonchev–Trinajstić information content (AvgIpc) is 2.86. The molecule has 1 aliphatic carbocycles. The lowest BCUT2D eigenvalue weighted by Gasteiger charge is -2.31. The normalized spacial score (nSPS) is 19.4. The number of hydrogen-bond donors (Lipinski definition) is 1. The molecule has 6 nitrogen and oxygen atoms in total. The molecule has 2 fully saturated rings. The minimum absolute atomic E-state index is 0.123. The van der Waals surface area contributed by atoms with Crippen LogP contribution in [0.1, 0.15) is 57.4 Å². The number of amides is 1. The molecular weight excluding hydrogens is 448 g/mol. The molecule has 34 heavy (non-hydrogen) atoms. The van der Waals surface area contributed by atoms with Gasteiger partial charge < -0.3 is 10.1 Å². The maximum Gasteiger partial charge on any atom is 0.260 e. The molecule has 2 aromatic rings. The average molecular weight is 485 g/mol. The van der Waals surface area contributed by atoms with Crippen molar-refractivity contribution < 1.29 is 17.9 Å². The van der Waals surface area contributed by atoms with Crippen molar-refractivity contribution >= 4 is 15.9 Å². The highest BCUT2D eigenvalue weighted by atomic mass is 32.2. The largest absolute Gasteiger partial charge is 0.481 e. The van der Waals surface area contributed by atoms with Crippen LogP contribution in [0.15, 0.2) is 59.5 Å². The lowest BCUT2D eigenvalue weighted by molar-refractivity contribution is -0.128. The Morgan fingerprint density at radius 1 is 0.971 bits per heavy atom. The van der Waals surface area contributed by atoms with E-state index in [2.05, 4.69) is 17.4 Å². The van der Waals surface area contributed by atoms with E-state index >= 15 is 0 Å². The molecule has 1 saturated heterocycles. The summed E-state index contributed by atoms with van der Waals surface area (Å²) in [6, 6.07) is 17.0. The van der Waals surface area contributed by atoms with Crippen molar-refractivity contribution in [2.45, 2.75) is 75.3 Å². The Bertz CT molecular complexity index is 1030. The lowest BCUT2D eigenvalue weighted by atomic mass is 9.91. The van der Waals surface area contributed by atoms with Crippen LogP contribution in [0.4, 0.5) is 0 Å². The van der Waals surface area contributed by atoms with Crippen molar-refractivity contribution in [1.82, 2.24) is 9.62 Å². The number of ether oxygens (including phenoxy) is 1. The van der Waals surface area contributed by atoms with Crippen molar-refractivity contribution in [3.05, 3.63) is 60.2 Å². The van der Waals surface area contributed by atoms with Crippen LogP contribution in [0.25, 0.3) is 0 Å². The number of benzene rings is 2. The Morgan fingerprint density at radius 3 is 2.26 bits per heavy atom. The summed E-state index contributed by atoms with van der Waals surface area (Å²) in [5.74, 6) is 0.875. The van der Waals surface area contributed by atoms with Crippen LogP contribution >= 0.6 is 0 Å². The fraction of sp³-hybridized carbons (Fsp3) is 0.519. The third kappa shape index (κ3) is 6.39. The van der Waals surface area contributed by atoms with Gasteiger partial charge in [0.15, 0.2) is 6.10 Å². The van der Waals surface area contributed by atoms with Gasteiger partial charge in [0.1, 0.15) is 5.75 Å². The second-order valence-corrected chi connectivity index (χ2v) is 11.6. The van der Waals surface area contributed by atoms with Gasteiger partial charge in [0.25, 0.3) is 5.91 Å². The molecule has 4 rings (SSSR count). The van der Waals surface area contributed by atoms with E-state index < -0.39 is 16.1 Å². The van der Waals surface area contributed by atoms with Crippen molar-refractivity contribution in [1.29, 1.82) is 0 Å². The Morgan fingerprint density at radius 2 is 1.62 bits per heavy atom. The second kappa shape index (κ2) is 11.4. The topological polar surface area (TPSA) is 75.7 Å². The Labute approximate surface area is 203 Å². The van der Waals surface area contributed by atoms with Crippen LogP contribution in [0.2, 0.25) is 0 Å². The zero-order valence-corrected chi connectivity index (χ0v) is 20.8. The Hall–Kier alpha value is -2.38. The number of nitrogens with one attached hydrogen (secondary N) is 1. The summed E-state index contributed by atoms with van der Waals surface area (Å²) >= 11 is 0. The first-order valence-electron chi connectivity index (χ1n) is 12.5. The fourth-order valence-corrected chi connectivity index (χ4v) is 6.43. The van der Waals surface area contributed by atoms with Gasteiger partial charge in [-0.1, -0.05) is 49.6 Å². The molecule has 0 spiro atoms. The molecule has 1 saturated carbocycles. The van der Waals surface area contributed by atoms with Gasteiger partial charge in [-0.3, -0.25) is 4.79 Å². The molecule has 1 amide bonds. The highest BCUT2D eigenvalue weighted by Crippen LogP contribution is 2.27. The zero-order chi connectivity index (χ0) is 24.0. The van der Waals surface area contributed by atoms with Gasteiger partial charge >= 0.3 is 0 Å². The zero-order valence-electron chi connectivity index (χ0n) is 20.0. The van der Waals surface area contributed by atoms with Crippen LogP contribution in [0, 0.1) is 5.92 Å². The molecule has 2 aliphatic rings. The van der Waals surface area contributed by atoms with Gasteiger partial charge in [0, 0.05) is 19.1 Å². The van der Waals surface area contributed by atoms with Gasteiger partial charge in [-0.25, -0.2) is 8.42 Å². The lowest BCUT2D eigenvalue weighted by Crippen LogP contribution is -2.43. The van der Waals surface area contributed by atoms with Crippen molar-refractivity contribution in [2.75, 3.05) is 13.1 Å². The van der Waals surface area contributed by atoms with E-state index in [1.165, 1.54) is 12.0 Å². The summed E-state index contributed by atoms with van der Waals surface area (Å²) < 4.78 is 33.6. The van der Waals surface area contributed by atoms with E-state index in [9.17, 15) is 13.2 Å². The first-order chi connectivity index (χ1) is 16.4. The molecule has 0 radical (unpaired) electrons. The fourth-order valence-electron chi connectivity index (χ4n) is 4.96. The maximum absolute atomic E-state index is 13.1. The number of carbonyl (C=O) groups is 1. The predicted molar refractivity (Wildman–Crippen MR) is 133 cm³/mol. The van der Waals surface area contributed by atoms with Crippen molar-refractivity contribution in [3.63, 3.8) is 0 Å². The monoisotopic (exact) mass is 484 g/mol. The molecule has 1 heterocycles. The smallest absolute Gasteiger partial charge is 0.260 e. The number of rotatable bonds is 8. The second-order valence-electron chi connectivity index (χ2n) is 9.61. The molecule has 0 aromatic heterocycles. The van der Waals surface area contributed by atoms with Gasteiger partial charge in [0.05, 0.1) is 4.90 Å². The summed E-state index contributed by atoms with van der Waals surface area (Å²) in [6.45, 7) is 2.80. The van der Waals surface area contributed by atoms with E-state index in [1.54, 1.807) is 35.5 Å². The van der Waals surface area contributed by atoms with Crippen LogP contribution in [-0.4, -0.2) is 43.9 Å². The van der Waals surface area contributed by atoms with Crippen molar-refractivity contribution in [3.8, 4) is 5.75 Å². The van der Waals surface area contributed by atoms with E-state index in [0.717, 1.165) is 44.9 Å². The minimum Gasteiger partial charge on any atom is -0.481 e. The number of nitrogens with zero attached hydrogens (tertiary/aromatic N) is 1. The molecule has 0 unspecified atom stereocenters. The maximum atomic E-state index is 13.1. The third-order valence-electron chi connectivity index (χ3n) is 7.04. The summed E-state index contributed by atoms with van der Waals surface area (Å²) in [7, 11) is -3.54. The summed E-state index contributed by atoms with van der Waals surface area (Å²) in [5.41, 5.74) is 1.31. The number of hydrogen-bond acceptors (Lipinski definition) is 4. The predicted octanol–water partition coefficient (Wildman–Crippen LogP) is 4.55. The number of piperidine rings is 1. The molecule has 1 N–H and O–H groups in total.